The predicted octanol–water partition coefficient (Wildman–Crippen LogP) is 1.85. The molecule has 0 radical (unpaired) electrons. The van der Waals surface area contributed by atoms with Crippen LogP contribution in [-0.2, 0) is 11.3 Å². The maximum Gasteiger partial charge on any atom is 0.251 e. The highest BCUT2D eigenvalue weighted by molar-refractivity contribution is 5.94. The first-order valence-corrected chi connectivity index (χ1v) is 10.7. The van der Waals surface area contributed by atoms with Crippen molar-refractivity contribution in [1.29, 1.82) is 0 Å². The van der Waals surface area contributed by atoms with Gasteiger partial charge in [-0.2, -0.15) is 0 Å². The molecule has 1 aliphatic heterocycles. The van der Waals surface area contributed by atoms with E-state index in [1.54, 1.807) is 7.05 Å². The maximum absolute atomic E-state index is 11.8. The van der Waals surface area contributed by atoms with Gasteiger partial charge in [0.05, 0.1) is 19.8 Å². The van der Waals surface area contributed by atoms with Crippen molar-refractivity contribution in [2.75, 3.05) is 46.4 Å². The molecule has 3 N–H and O–H groups in total. The standard InChI is InChI=1S/C22H37N5O2/c1-5-24-22(25-15-18-7-6-8-19(14-18)21(28)23-4)26-16-20(13-17(2)3)27-9-11-29-12-10-27/h6-8,14,17,20H,5,9-13,15-16H2,1-4H3,(H,23,28)(H2,24,25,26). The Labute approximate surface area is 175 Å². The van der Waals surface area contributed by atoms with Gasteiger partial charge < -0.3 is 20.7 Å². The fourth-order valence-corrected chi connectivity index (χ4v) is 3.53. The Morgan fingerprint density at radius 3 is 2.66 bits per heavy atom. The van der Waals surface area contributed by atoms with Crippen LogP contribution in [0.25, 0.3) is 0 Å². The SMILES string of the molecule is CCNC(=NCc1cccc(C(=O)NC)c1)NCC(CC(C)C)N1CCOCC1. The number of hydrogen-bond acceptors (Lipinski definition) is 4. The van der Waals surface area contributed by atoms with Gasteiger partial charge in [-0.25, -0.2) is 4.99 Å². The van der Waals surface area contributed by atoms with E-state index in [-0.39, 0.29) is 5.91 Å². The summed E-state index contributed by atoms with van der Waals surface area (Å²) >= 11 is 0. The molecule has 1 fully saturated rings. The van der Waals surface area contributed by atoms with Crippen LogP contribution in [0.4, 0.5) is 0 Å². The average Bonchev–Trinajstić information content (AvgIpc) is 2.74. The third-order valence-electron chi connectivity index (χ3n) is 4.99. The lowest BCUT2D eigenvalue weighted by atomic mass is 10.0. The highest BCUT2D eigenvalue weighted by Crippen LogP contribution is 2.13. The molecule has 0 aliphatic carbocycles. The minimum absolute atomic E-state index is 0.0806. The van der Waals surface area contributed by atoms with Crippen molar-refractivity contribution >= 4 is 11.9 Å². The van der Waals surface area contributed by atoms with E-state index in [2.05, 4.69) is 41.6 Å². The quantitative estimate of drug-likeness (QED) is 0.433. The highest BCUT2D eigenvalue weighted by atomic mass is 16.5. The van der Waals surface area contributed by atoms with Crippen LogP contribution in [0.1, 0.15) is 43.1 Å². The van der Waals surface area contributed by atoms with E-state index >= 15 is 0 Å². The van der Waals surface area contributed by atoms with Crippen LogP contribution in [-0.4, -0.2) is 69.2 Å². The summed E-state index contributed by atoms with van der Waals surface area (Å²) in [4.78, 5) is 19.1. The maximum atomic E-state index is 11.8. The number of benzene rings is 1. The Morgan fingerprint density at radius 2 is 2.00 bits per heavy atom. The van der Waals surface area contributed by atoms with Gasteiger partial charge in [-0.15, -0.1) is 0 Å². The lowest BCUT2D eigenvalue weighted by molar-refractivity contribution is 0.0132. The van der Waals surface area contributed by atoms with Crippen LogP contribution < -0.4 is 16.0 Å². The van der Waals surface area contributed by atoms with E-state index in [9.17, 15) is 4.79 Å². The number of aliphatic imine (C=N–C) groups is 1. The molecule has 0 aromatic heterocycles. The Balaban J connectivity index is 2.00. The lowest BCUT2D eigenvalue weighted by Crippen LogP contribution is -2.51. The molecule has 29 heavy (non-hydrogen) atoms. The summed E-state index contributed by atoms with van der Waals surface area (Å²) in [7, 11) is 1.64. The molecule has 7 heteroatoms. The van der Waals surface area contributed by atoms with E-state index in [4.69, 9.17) is 9.73 Å². The number of ether oxygens (including phenoxy) is 1. The normalized spacial score (nSPS) is 16.5. The van der Waals surface area contributed by atoms with Crippen molar-refractivity contribution < 1.29 is 9.53 Å². The molecule has 1 saturated heterocycles. The first kappa shape index (κ1) is 23.2. The average molecular weight is 404 g/mol. The van der Waals surface area contributed by atoms with Gasteiger partial charge in [0.1, 0.15) is 0 Å². The number of nitrogens with one attached hydrogen (secondary N) is 3. The number of guanidine groups is 1. The first-order valence-electron chi connectivity index (χ1n) is 10.7. The van der Waals surface area contributed by atoms with Crippen LogP contribution in [0.15, 0.2) is 29.3 Å². The summed E-state index contributed by atoms with van der Waals surface area (Å²) in [5.74, 6) is 1.36. The van der Waals surface area contributed by atoms with Gasteiger partial charge in [-0.1, -0.05) is 26.0 Å². The summed E-state index contributed by atoms with van der Waals surface area (Å²) in [5, 5.41) is 9.51. The Morgan fingerprint density at radius 1 is 1.24 bits per heavy atom. The van der Waals surface area contributed by atoms with Gasteiger partial charge >= 0.3 is 0 Å². The lowest BCUT2D eigenvalue weighted by Gasteiger charge is -2.35. The second-order valence-corrected chi connectivity index (χ2v) is 7.79. The highest BCUT2D eigenvalue weighted by Gasteiger charge is 2.22. The smallest absolute Gasteiger partial charge is 0.251 e. The summed E-state index contributed by atoms with van der Waals surface area (Å²) in [6.45, 7) is 12.4. The number of morpholine rings is 1. The topological polar surface area (TPSA) is 78.0 Å². The minimum atomic E-state index is -0.0806. The molecule has 1 aromatic rings. The zero-order valence-corrected chi connectivity index (χ0v) is 18.3. The molecule has 7 nitrogen and oxygen atoms in total. The molecule has 0 saturated carbocycles. The van der Waals surface area contributed by atoms with E-state index in [1.165, 1.54) is 0 Å². The van der Waals surface area contributed by atoms with Gasteiger partial charge in [0.25, 0.3) is 5.91 Å². The third-order valence-corrected chi connectivity index (χ3v) is 4.99. The molecule has 0 spiro atoms. The molecule has 0 bridgehead atoms. The number of hydrogen-bond donors (Lipinski definition) is 3. The van der Waals surface area contributed by atoms with Gasteiger partial charge in [0.15, 0.2) is 5.96 Å². The molecule has 1 heterocycles. The summed E-state index contributed by atoms with van der Waals surface area (Å²) in [6.07, 6.45) is 1.14. The fourth-order valence-electron chi connectivity index (χ4n) is 3.53. The Bertz CT molecular complexity index is 656. The van der Waals surface area contributed by atoms with Crippen molar-refractivity contribution in [1.82, 2.24) is 20.9 Å². The van der Waals surface area contributed by atoms with Gasteiger partial charge in [-0.3, -0.25) is 9.69 Å². The predicted molar refractivity (Wildman–Crippen MR) is 118 cm³/mol. The summed E-state index contributed by atoms with van der Waals surface area (Å²) < 4.78 is 5.51. The Hall–Kier alpha value is -2.12. The van der Waals surface area contributed by atoms with Crippen LogP contribution >= 0.6 is 0 Å². The summed E-state index contributed by atoms with van der Waals surface area (Å²) in [5.41, 5.74) is 1.66. The zero-order chi connectivity index (χ0) is 21.1. The van der Waals surface area contributed by atoms with Crippen molar-refractivity contribution in [2.45, 2.75) is 39.8 Å². The zero-order valence-electron chi connectivity index (χ0n) is 18.3. The molecule has 1 amide bonds. The molecular formula is C22H37N5O2. The van der Waals surface area contributed by atoms with E-state index < -0.39 is 0 Å². The van der Waals surface area contributed by atoms with E-state index in [0.717, 1.165) is 57.3 Å². The number of amides is 1. The second-order valence-electron chi connectivity index (χ2n) is 7.79. The van der Waals surface area contributed by atoms with Crippen molar-refractivity contribution in [3.8, 4) is 0 Å². The van der Waals surface area contributed by atoms with E-state index in [0.29, 0.717) is 24.1 Å². The number of carbonyl (C=O) groups excluding carboxylic acids is 1. The molecule has 1 aliphatic rings. The first-order chi connectivity index (χ1) is 14.0. The molecule has 162 valence electrons. The Kier molecular flexibility index (Phi) is 9.94. The molecule has 1 atom stereocenters. The molecule has 2 rings (SSSR count). The molecule has 1 unspecified atom stereocenters. The van der Waals surface area contributed by atoms with Crippen LogP contribution in [0, 0.1) is 5.92 Å². The van der Waals surface area contributed by atoms with Gasteiger partial charge in [0, 0.05) is 44.8 Å². The monoisotopic (exact) mass is 403 g/mol. The number of carbonyl (C=O) groups is 1. The summed E-state index contributed by atoms with van der Waals surface area (Å²) in [6, 6.07) is 8.05. The van der Waals surface area contributed by atoms with Gasteiger partial charge in [-0.05, 0) is 37.0 Å². The fraction of sp³-hybridized carbons (Fsp3) is 0.636. The number of nitrogens with zero attached hydrogens (tertiary/aromatic N) is 2. The molecular weight excluding hydrogens is 366 g/mol. The van der Waals surface area contributed by atoms with Crippen molar-refractivity contribution in [3.05, 3.63) is 35.4 Å². The third kappa shape index (κ3) is 8.03. The van der Waals surface area contributed by atoms with Crippen LogP contribution in [0.2, 0.25) is 0 Å². The number of rotatable bonds is 9. The largest absolute Gasteiger partial charge is 0.379 e. The minimum Gasteiger partial charge on any atom is -0.379 e. The second kappa shape index (κ2) is 12.4. The van der Waals surface area contributed by atoms with Gasteiger partial charge in [0.2, 0.25) is 0 Å². The van der Waals surface area contributed by atoms with Crippen molar-refractivity contribution in [2.24, 2.45) is 10.9 Å². The van der Waals surface area contributed by atoms with Crippen molar-refractivity contribution in [3.63, 3.8) is 0 Å². The van der Waals surface area contributed by atoms with E-state index in [1.807, 2.05) is 24.3 Å². The van der Waals surface area contributed by atoms with Crippen LogP contribution in [0.5, 0.6) is 0 Å². The molecule has 1 aromatic carbocycles. The van der Waals surface area contributed by atoms with Crippen LogP contribution in [0.3, 0.4) is 0 Å².